The number of aryl methyl sites for hydroxylation is 1. The zero-order valence-electron chi connectivity index (χ0n) is 11.3. The summed E-state index contributed by atoms with van der Waals surface area (Å²) in [4.78, 5) is 7.50. The van der Waals surface area contributed by atoms with Gasteiger partial charge >= 0.3 is 6.36 Å². The minimum absolute atomic E-state index is 0.272. The van der Waals surface area contributed by atoms with Crippen LogP contribution in [0.5, 0.6) is 5.75 Å². The molecule has 0 bridgehead atoms. The summed E-state index contributed by atoms with van der Waals surface area (Å²) >= 11 is 6.05. The van der Waals surface area contributed by atoms with Crippen LogP contribution >= 0.6 is 11.6 Å². The molecule has 2 aromatic carbocycles. The molecule has 114 valence electrons. The van der Waals surface area contributed by atoms with Gasteiger partial charge in [-0.2, -0.15) is 0 Å². The smallest absolute Gasteiger partial charge is 0.406 e. The van der Waals surface area contributed by atoms with Crippen LogP contribution in [0.4, 0.5) is 13.2 Å². The van der Waals surface area contributed by atoms with E-state index >= 15 is 0 Å². The molecule has 3 nitrogen and oxygen atoms in total. The number of benzene rings is 2. The summed E-state index contributed by atoms with van der Waals surface area (Å²) < 4.78 is 40.2. The lowest BCUT2D eigenvalue weighted by molar-refractivity contribution is -0.274. The van der Waals surface area contributed by atoms with E-state index in [-0.39, 0.29) is 5.75 Å². The molecule has 0 spiro atoms. The number of hydrogen-bond donors (Lipinski definition) is 1. The number of imidazole rings is 1. The molecule has 3 rings (SSSR count). The number of hydrogen-bond acceptors (Lipinski definition) is 2. The number of nitrogens with zero attached hydrogens (tertiary/aromatic N) is 1. The number of fused-ring (bicyclic) bond motifs is 1. The van der Waals surface area contributed by atoms with E-state index in [1.165, 1.54) is 24.3 Å². The van der Waals surface area contributed by atoms with E-state index in [0.29, 0.717) is 16.4 Å². The Morgan fingerprint density at radius 3 is 2.45 bits per heavy atom. The fourth-order valence-electron chi connectivity index (χ4n) is 2.09. The lowest BCUT2D eigenvalue weighted by Crippen LogP contribution is -2.16. The van der Waals surface area contributed by atoms with Crippen LogP contribution in [0.2, 0.25) is 5.02 Å². The molecule has 0 saturated heterocycles. The van der Waals surface area contributed by atoms with E-state index in [1.54, 1.807) is 6.07 Å². The Morgan fingerprint density at radius 2 is 1.82 bits per heavy atom. The fourth-order valence-corrected chi connectivity index (χ4v) is 2.25. The highest BCUT2D eigenvalue weighted by molar-refractivity contribution is 6.32. The van der Waals surface area contributed by atoms with Crippen molar-refractivity contribution < 1.29 is 17.9 Å². The molecule has 3 aromatic rings. The van der Waals surface area contributed by atoms with Crippen molar-refractivity contribution in [2.75, 3.05) is 0 Å². The molecule has 0 fully saturated rings. The van der Waals surface area contributed by atoms with Crippen LogP contribution in [0.1, 0.15) is 5.56 Å². The molecule has 0 unspecified atom stereocenters. The third kappa shape index (κ3) is 3.01. The highest BCUT2D eigenvalue weighted by atomic mass is 35.5. The molecule has 0 aliphatic heterocycles. The van der Waals surface area contributed by atoms with Gasteiger partial charge in [0.25, 0.3) is 0 Å². The molecule has 7 heteroatoms. The molecule has 0 aliphatic carbocycles. The van der Waals surface area contributed by atoms with Crippen molar-refractivity contribution in [2.45, 2.75) is 13.3 Å². The second-order valence-electron chi connectivity index (χ2n) is 4.78. The first-order valence-electron chi connectivity index (χ1n) is 6.34. The van der Waals surface area contributed by atoms with Crippen LogP contribution in [0.25, 0.3) is 22.4 Å². The van der Waals surface area contributed by atoms with Gasteiger partial charge in [-0.05, 0) is 48.9 Å². The van der Waals surface area contributed by atoms with Gasteiger partial charge in [0.05, 0.1) is 11.0 Å². The van der Waals surface area contributed by atoms with Crippen molar-refractivity contribution in [3.8, 4) is 17.1 Å². The molecular formula is C15H10ClF3N2O. The Kier molecular flexibility index (Phi) is 3.48. The average molecular weight is 327 g/mol. The van der Waals surface area contributed by atoms with E-state index in [4.69, 9.17) is 11.6 Å². The van der Waals surface area contributed by atoms with E-state index in [0.717, 1.165) is 16.6 Å². The monoisotopic (exact) mass is 326 g/mol. The van der Waals surface area contributed by atoms with E-state index in [9.17, 15) is 13.2 Å². The van der Waals surface area contributed by atoms with Gasteiger partial charge < -0.3 is 9.72 Å². The number of nitrogens with one attached hydrogen (secondary N) is 1. The minimum atomic E-state index is -4.70. The van der Waals surface area contributed by atoms with Crippen molar-refractivity contribution >= 4 is 22.6 Å². The minimum Gasteiger partial charge on any atom is -0.406 e. The van der Waals surface area contributed by atoms with Gasteiger partial charge in [0, 0.05) is 10.6 Å². The summed E-state index contributed by atoms with van der Waals surface area (Å²) in [6.07, 6.45) is -4.70. The zero-order chi connectivity index (χ0) is 15.9. The fraction of sp³-hybridized carbons (Fsp3) is 0.133. The third-order valence-corrected chi connectivity index (χ3v) is 3.53. The van der Waals surface area contributed by atoms with Gasteiger partial charge in [0.1, 0.15) is 11.6 Å². The summed E-state index contributed by atoms with van der Waals surface area (Å²) in [5.41, 5.74) is 3.06. The Bertz CT molecular complexity index is 786. The van der Waals surface area contributed by atoms with Crippen molar-refractivity contribution in [2.24, 2.45) is 0 Å². The quantitative estimate of drug-likeness (QED) is 0.712. The van der Waals surface area contributed by atoms with Crippen LogP contribution in [0, 0.1) is 6.92 Å². The maximum absolute atomic E-state index is 12.1. The van der Waals surface area contributed by atoms with Crippen molar-refractivity contribution in [3.05, 3.63) is 47.0 Å². The largest absolute Gasteiger partial charge is 0.573 e. The first-order valence-corrected chi connectivity index (χ1v) is 6.72. The number of rotatable bonds is 2. The average Bonchev–Trinajstić information content (AvgIpc) is 2.81. The first kappa shape index (κ1) is 14.7. The van der Waals surface area contributed by atoms with Gasteiger partial charge in [-0.1, -0.05) is 11.6 Å². The molecule has 0 saturated carbocycles. The second kappa shape index (κ2) is 5.21. The summed E-state index contributed by atoms with van der Waals surface area (Å²) in [6.45, 7) is 1.87. The summed E-state index contributed by atoms with van der Waals surface area (Å²) in [5, 5.41) is 0.622. The van der Waals surface area contributed by atoms with Gasteiger partial charge in [0.15, 0.2) is 0 Å². The van der Waals surface area contributed by atoms with E-state index in [1.807, 2.05) is 13.0 Å². The summed E-state index contributed by atoms with van der Waals surface area (Å²) in [5.74, 6) is 0.279. The van der Waals surface area contributed by atoms with E-state index in [2.05, 4.69) is 14.7 Å². The molecule has 1 heterocycles. The summed E-state index contributed by atoms with van der Waals surface area (Å²) in [6, 6.07) is 9.12. The van der Waals surface area contributed by atoms with Crippen LogP contribution in [-0.4, -0.2) is 16.3 Å². The number of halogens is 4. The number of aromatic amines is 1. The number of H-pyrrole nitrogens is 1. The lowest BCUT2D eigenvalue weighted by atomic mass is 10.2. The number of ether oxygens (including phenoxy) is 1. The number of aromatic nitrogens is 2. The maximum Gasteiger partial charge on any atom is 0.573 e. The molecule has 0 aliphatic rings. The maximum atomic E-state index is 12.1. The standard InChI is InChI=1S/C15H10ClF3N2O/c1-8-6-12-13(7-11(8)16)21-14(20-12)9-2-4-10(5-3-9)22-15(17,18)19/h2-7H,1H3,(H,20,21). The highest BCUT2D eigenvalue weighted by Gasteiger charge is 2.30. The topological polar surface area (TPSA) is 37.9 Å². The molecule has 0 radical (unpaired) electrons. The molecule has 0 amide bonds. The Morgan fingerprint density at radius 1 is 1.14 bits per heavy atom. The van der Waals surface area contributed by atoms with Crippen LogP contribution < -0.4 is 4.74 Å². The van der Waals surface area contributed by atoms with Gasteiger partial charge in [0.2, 0.25) is 0 Å². The Hall–Kier alpha value is -2.21. The predicted octanol–water partition coefficient (Wildman–Crippen LogP) is 5.09. The Labute approximate surface area is 128 Å². The second-order valence-corrected chi connectivity index (χ2v) is 5.18. The third-order valence-electron chi connectivity index (χ3n) is 3.12. The molecule has 22 heavy (non-hydrogen) atoms. The van der Waals surface area contributed by atoms with Crippen LogP contribution in [0.15, 0.2) is 36.4 Å². The Balaban J connectivity index is 1.94. The zero-order valence-corrected chi connectivity index (χ0v) is 12.1. The number of alkyl halides is 3. The van der Waals surface area contributed by atoms with Gasteiger partial charge in [-0.3, -0.25) is 0 Å². The molecule has 1 aromatic heterocycles. The normalized spacial score (nSPS) is 11.9. The SMILES string of the molecule is Cc1cc2nc(-c3ccc(OC(F)(F)F)cc3)[nH]c2cc1Cl. The first-order chi connectivity index (χ1) is 10.3. The van der Waals surface area contributed by atoms with Crippen molar-refractivity contribution in [1.29, 1.82) is 0 Å². The van der Waals surface area contributed by atoms with E-state index < -0.39 is 6.36 Å². The highest BCUT2D eigenvalue weighted by Crippen LogP contribution is 2.28. The summed E-state index contributed by atoms with van der Waals surface area (Å²) in [7, 11) is 0. The van der Waals surface area contributed by atoms with Crippen molar-refractivity contribution in [1.82, 2.24) is 9.97 Å². The lowest BCUT2D eigenvalue weighted by Gasteiger charge is -2.08. The predicted molar refractivity (Wildman–Crippen MR) is 78.0 cm³/mol. The van der Waals surface area contributed by atoms with Gasteiger partial charge in [-0.15, -0.1) is 13.2 Å². The molecule has 0 atom stereocenters. The van der Waals surface area contributed by atoms with Crippen LogP contribution in [0.3, 0.4) is 0 Å². The van der Waals surface area contributed by atoms with Crippen molar-refractivity contribution in [3.63, 3.8) is 0 Å². The van der Waals surface area contributed by atoms with Crippen LogP contribution in [-0.2, 0) is 0 Å². The van der Waals surface area contributed by atoms with Gasteiger partial charge in [-0.25, -0.2) is 4.98 Å². The molecule has 1 N–H and O–H groups in total. The molecular weight excluding hydrogens is 317 g/mol.